The quantitative estimate of drug-likeness (QED) is 0.0933. The number of nitro benzene ring substituents is 1. The van der Waals surface area contributed by atoms with Gasteiger partial charge in [-0.15, -0.1) is 0 Å². The number of aliphatic hydroxyl groups is 1. The molecule has 0 saturated heterocycles. The molecule has 0 aliphatic heterocycles. The molecule has 0 aliphatic carbocycles. The van der Waals surface area contributed by atoms with Crippen molar-refractivity contribution in [3.63, 3.8) is 0 Å². The number of aliphatic hydroxyl groups excluding tert-OH is 1. The molecule has 1 heterocycles. The summed E-state index contributed by atoms with van der Waals surface area (Å²) in [5, 5.41) is 24.5. The number of imide groups is 1. The van der Waals surface area contributed by atoms with Crippen molar-refractivity contribution in [1.29, 1.82) is 0 Å². The molecule has 252 valence electrons. The van der Waals surface area contributed by atoms with Gasteiger partial charge in [-0.25, -0.2) is 9.78 Å². The first kappa shape index (κ1) is 36.3. The molecule has 0 fully saturated rings. The van der Waals surface area contributed by atoms with Gasteiger partial charge in [-0.05, 0) is 30.0 Å². The Kier molecular flexibility index (Phi) is 13.5. The van der Waals surface area contributed by atoms with Gasteiger partial charge in [-0.2, -0.15) is 0 Å². The fraction of sp³-hybridized carbons (Fsp3) is 0.406. The van der Waals surface area contributed by atoms with Crippen molar-refractivity contribution in [3.8, 4) is 5.75 Å². The Balaban J connectivity index is 1.88. The first-order valence-electron chi connectivity index (χ1n) is 15.0. The van der Waals surface area contributed by atoms with Gasteiger partial charge >= 0.3 is 5.97 Å². The van der Waals surface area contributed by atoms with Crippen LogP contribution in [-0.2, 0) is 36.8 Å². The van der Waals surface area contributed by atoms with Crippen molar-refractivity contribution in [3.05, 3.63) is 88.5 Å². The smallest absolute Gasteiger partial charge is 0.329 e. The maximum Gasteiger partial charge on any atom is 0.329 e. The molecule has 15 heteroatoms. The number of hydrogen-bond donors (Lipinski definition) is 4. The van der Waals surface area contributed by atoms with Crippen LogP contribution in [0.2, 0.25) is 0 Å². The monoisotopic (exact) mass is 652 g/mol. The van der Waals surface area contributed by atoms with E-state index in [-0.39, 0.29) is 18.5 Å². The molecular weight excluding hydrogens is 612 g/mol. The molecule has 0 saturated carbocycles. The summed E-state index contributed by atoms with van der Waals surface area (Å²) in [5.74, 6) is -3.48. The normalized spacial score (nSPS) is 14.1. The number of nitrogens with one attached hydrogen (secondary N) is 2. The number of amides is 3. The topological polar surface area (TPSA) is 220 Å². The van der Waals surface area contributed by atoms with Crippen molar-refractivity contribution in [2.75, 3.05) is 13.7 Å². The number of hydrogen-bond acceptors (Lipinski definition) is 11. The number of ether oxygens (including phenoxy) is 2. The van der Waals surface area contributed by atoms with Gasteiger partial charge in [0.05, 0.1) is 30.9 Å². The zero-order valence-corrected chi connectivity index (χ0v) is 26.4. The first-order chi connectivity index (χ1) is 22.4. The number of nitro groups is 1. The molecule has 3 rings (SSSR count). The van der Waals surface area contributed by atoms with Crippen LogP contribution in [0.1, 0.15) is 37.9 Å². The number of aromatic amines is 1. The van der Waals surface area contributed by atoms with Crippen LogP contribution >= 0.6 is 0 Å². The molecule has 3 aromatic rings. The molecule has 0 bridgehead atoms. The summed E-state index contributed by atoms with van der Waals surface area (Å²) >= 11 is 0. The van der Waals surface area contributed by atoms with E-state index in [1.54, 1.807) is 44.2 Å². The van der Waals surface area contributed by atoms with E-state index in [4.69, 9.17) is 15.2 Å². The molecule has 1 unspecified atom stereocenters. The summed E-state index contributed by atoms with van der Waals surface area (Å²) in [6.45, 7) is 3.00. The molecule has 1 aromatic heterocycles. The van der Waals surface area contributed by atoms with Crippen LogP contribution in [0.4, 0.5) is 5.69 Å². The van der Waals surface area contributed by atoms with Crippen molar-refractivity contribution >= 4 is 29.4 Å². The molecular formula is C32H40N6O9. The third-order valence-electron chi connectivity index (χ3n) is 7.63. The molecule has 0 spiro atoms. The van der Waals surface area contributed by atoms with Gasteiger partial charge in [0, 0.05) is 36.5 Å². The largest absolute Gasteiger partial charge is 0.484 e. The minimum absolute atomic E-state index is 0.0616. The Morgan fingerprint density at radius 1 is 1.11 bits per heavy atom. The second kappa shape index (κ2) is 17.5. The number of carbonyl (C=O) groups is 4. The molecule has 0 radical (unpaired) electrons. The van der Waals surface area contributed by atoms with Gasteiger partial charge in [0.25, 0.3) is 17.5 Å². The third kappa shape index (κ3) is 10.4. The highest BCUT2D eigenvalue weighted by atomic mass is 16.6. The van der Waals surface area contributed by atoms with E-state index in [2.05, 4.69) is 15.3 Å². The number of nitrogens with two attached hydrogens (primary N) is 1. The van der Waals surface area contributed by atoms with Crippen molar-refractivity contribution in [2.45, 2.75) is 63.8 Å². The number of H-pyrrole nitrogens is 1. The van der Waals surface area contributed by atoms with Crippen LogP contribution in [0.3, 0.4) is 0 Å². The zero-order valence-electron chi connectivity index (χ0n) is 26.4. The Bertz CT molecular complexity index is 1480. The SMILES string of the molecule is CC[C@H](C)[C@@H](C(=O)OC)N(C(=O)CC(O)[C@@H](N)Cc1ccc([N+](=O)[O-])cc1)C(=O)[C@H](Cc1cnc[nH]1)NC(=O)COc1ccccc1. The van der Waals surface area contributed by atoms with Gasteiger partial charge in [0.2, 0.25) is 5.91 Å². The lowest BCUT2D eigenvalue weighted by molar-refractivity contribution is -0.384. The Hall–Kier alpha value is -5.15. The number of methoxy groups -OCH3 is 1. The molecule has 3 amide bonds. The summed E-state index contributed by atoms with van der Waals surface area (Å²) in [6, 6.07) is 10.4. The van der Waals surface area contributed by atoms with Gasteiger partial charge < -0.3 is 30.6 Å². The average molecular weight is 653 g/mol. The zero-order chi connectivity index (χ0) is 34.5. The summed E-state index contributed by atoms with van der Waals surface area (Å²) < 4.78 is 10.5. The first-order valence-corrected chi connectivity index (χ1v) is 15.0. The second-order valence-electron chi connectivity index (χ2n) is 11.0. The lowest BCUT2D eigenvalue weighted by atomic mass is 9.94. The number of para-hydroxylation sites is 1. The maximum absolute atomic E-state index is 14.3. The fourth-order valence-corrected chi connectivity index (χ4v) is 4.83. The van der Waals surface area contributed by atoms with Crippen molar-refractivity contribution in [2.24, 2.45) is 11.7 Å². The lowest BCUT2D eigenvalue weighted by Crippen LogP contribution is -2.59. The standard InChI is InChI=1S/C32H40N6O9/c1-4-20(2)30(32(43)46-3)37(29(41)16-27(39)25(33)14-21-10-12-23(13-11-21)38(44)45)31(42)26(15-22-17-34-19-35-22)36-28(40)18-47-24-8-6-5-7-9-24/h5-13,17,19-20,25-27,30,39H,4,14-16,18,33H2,1-3H3,(H,34,35)(H,36,40)/t20-,25-,26-,27?,30-/m0/s1. The molecule has 0 aliphatic rings. The number of benzene rings is 2. The van der Waals surface area contributed by atoms with Gasteiger partial charge in [-0.3, -0.25) is 29.4 Å². The lowest BCUT2D eigenvalue weighted by Gasteiger charge is -2.35. The molecule has 2 aromatic carbocycles. The molecule has 5 atom stereocenters. The number of rotatable bonds is 17. The van der Waals surface area contributed by atoms with E-state index in [0.29, 0.717) is 23.4 Å². The predicted octanol–water partition coefficient (Wildman–Crippen LogP) is 1.69. The summed E-state index contributed by atoms with van der Waals surface area (Å²) in [6.07, 6.45) is 1.05. The van der Waals surface area contributed by atoms with Crippen LogP contribution in [0.25, 0.3) is 0 Å². The van der Waals surface area contributed by atoms with E-state index in [1.807, 2.05) is 0 Å². The molecule has 15 nitrogen and oxygen atoms in total. The highest BCUT2D eigenvalue weighted by molar-refractivity contribution is 6.03. The highest BCUT2D eigenvalue weighted by Crippen LogP contribution is 2.22. The predicted molar refractivity (Wildman–Crippen MR) is 169 cm³/mol. The van der Waals surface area contributed by atoms with Gasteiger partial charge in [0.1, 0.15) is 17.8 Å². The summed E-state index contributed by atoms with van der Waals surface area (Å²) in [7, 11) is 1.13. The van der Waals surface area contributed by atoms with Crippen LogP contribution in [0, 0.1) is 16.0 Å². The number of nitrogens with zero attached hydrogens (tertiary/aromatic N) is 3. The van der Waals surface area contributed by atoms with E-state index < -0.39 is 71.8 Å². The Morgan fingerprint density at radius 3 is 2.36 bits per heavy atom. The van der Waals surface area contributed by atoms with Crippen molar-refractivity contribution in [1.82, 2.24) is 20.2 Å². The fourth-order valence-electron chi connectivity index (χ4n) is 4.83. The Morgan fingerprint density at radius 2 is 1.79 bits per heavy atom. The maximum atomic E-state index is 14.3. The minimum Gasteiger partial charge on any atom is -0.484 e. The molecule has 47 heavy (non-hydrogen) atoms. The number of non-ortho nitro benzene ring substituents is 1. The van der Waals surface area contributed by atoms with E-state index in [0.717, 1.165) is 12.0 Å². The van der Waals surface area contributed by atoms with E-state index >= 15 is 0 Å². The van der Waals surface area contributed by atoms with Crippen LogP contribution < -0.4 is 15.8 Å². The second-order valence-corrected chi connectivity index (χ2v) is 11.0. The Labute approximate surface area is 271 Å². The van der Waals surface area contributed by atoms with Crippen LogP contribution in [-0.4, -0.2) is 86.5 Å². The van der Waals surface area contributed by atoms with Gasteiger partial charge in [0.15, 0.2) is 6.61 Å². The number of carbonyl (C=O) groups excluding carboxylic acids is 4. The average Bonchev–Trinajstić information content (AvgIpc) is 3.58. The van der Waals surface area contributed by atoms with Crippen LogP contribution in [0.5, 0.6) is 5.75 Å². The third-order valence-corrected chi connectivity index (χ3v) is 7.63. The molecule has 5 N–H and O–H groups in total. The number of imidazole rings is 1. The minimum atomic E-state index is -1.47. The number of aromatic nitrogens is 2. The van der Waals surface area contributed by atoms with Crippen molar-refractivity contribution < 1.29 is 38.7 Å². The summed E-state index contributed by atoms with van der Waals surface area (Å²) in [5.41, 5.74) is 7.13. The summed E-state index contributed by atoms with van der Waals surface area (Å²) in [4.78, 5) is 72.2. The highest BCUT2D eigenvalue weighted by Gasteiger charge is 2.42. The number of esters is 1. The van der Waals surface area contributed by atoms with E-state index in [1.165, 1.54) is 36.8 Å². The van der Waals surface area contributed by atoms with Crippen LogP contribution in [0.15, 0.2) is 67.1 Å². The van der Waals surface area contributed by atoms with E-state index in [9.17, 15) is 34.4 Å². The van der Waals surface area contributed by atoms with Gasteiger partial charge in [-0.1, -0.05) is 50.6 Å².